The summed E-state index contributed by atoms with van der Waals surface area (Å²) in [4.78, 5) is 2.54. The Bertz CT molecular complexity index is 432. The van der Waals surface area contributed by atoms with Gasteiger partial charge < -0.3 is 10.1 Å². The zero-order chi connectivity index (χ0) is 12.5. The molecule has 1 N–H and O–H groups in total. The van der Waals surface area contributed by atoms with Crippen LogP contribution in [0, 0.1) is 5.92 Å². The first-order valence-electron chi connectivity index (χ1n) is 6.61. The molecular weight excluding hydrogens is 248 g/mol. The molecule has 0 bridgehead atoms. The molecule has 0 saturated carbocycles. The largest absolute Gasteiger partial charge is 0.384 e. The minimum absolute atomic E-state index is 0.488. The molecular formula is C14H19ClN2O. The van der Waals surface area contributed by atoms with Crippen LogP contribution in [0.2, 0.25) is 5.02 Å². The van der Waals surface area contributed by atoms with Crippen LogP contribution in [0.5, 0.6) is 0 Å². The molecule has 3 rings (SSSR count). The number of nitrogens with one attached hydrogen (secondary N) is 1. The lowest BCUT2D eigenvalue weighted by atomic mass is 9.88. The highest BCUT2D eigenvalue weighted by molar-refractivity contribution is 6.30. The maximum Gasteiger partial charge on any atom is 0.0594 e. The third-order valence-electron chi connectivity index (χ3n) is 3.93. The van der Waals surface area contributed by atoms with Crippen molar-refractivity contribution in [2.24, 2.45) is 5.92 Å². The fraction of sp³-hybridized carbons (Fsp3) is 0.571. The number of hydrogen-bond donors (Lipinski definition) is 1. The van der Waals surface area contributed by atoms with Crippen molar-refractivity contribution in [2.45, 2.75) is 13.0 Å². The van der Waals surface area contributed by atoms with Gasteiger partial charge in [0.1, 0.15) is 0 Å². The van der Waals surface area contributed by atoms with Gasteiger partial charge in [0.15, 0.2) is 0 Å². The van der Waals surface area contributed by atoms with E-state index in [0.717, 1.165) is 37.9 Å². The van der Waals surface area contributed by atoms with Crippen LogP contribution in [0.15, 0.2) is 18.2 Å². The highest BCUT2D eigenvalue weighted by Crippen LogP contribution is 2.38. The highest BCUT2D eigenvalue weighted by Gasteiger charge is 2.32. The number of ether oxygens (including phenoxy) is 1. The highest BCUT2D eigenvalue weighted by atomic mass is 35.5. The molecule has 2 aliphatic rings. The molecule has 3 nitrogen and oxygen atoms in total. The van der Waals surface area contributed by atoms with Crippen LogP contribution in [0.1, 0.15) is 18.5 Å². The summed E-state index contributed by atoms with van der Waals surface area (Å²) in [5, 5.41) is 4.28. The van der Waals surface area contributed by atoms with E-state index in [1.54, 1.807) is 0 Å². The third kappa shape index (κ3) is 2.22. The molecule has 0 aliphatic carbocycles. The van der Waals surface area contributed by atoms with Crippen molar-refractivity contribution in [3.8, 4) is 0 Å². The lowest BCUT2D eigenvalue weighted by Gasteiger charge is -2.42. The average molecular weight is 267 g/mol. The maximum atomic E-state index is 6.07. The van der Waals surface area contributed by atoms with E-state index in [-0.39, 0.29) is 0 Å². The fourth-order valence-corrected chi connectivity index (χ4v) is 3.21. The molecule has 1 aromatic carbocycles. The van der Waals surface area contributed by atoms with Gasteiger partial charge in [0, 0.05) is 36.4 Å². The van der Waals surface area contributed by atoms with Gasteiger partial charge in [-0.3, -0.25) is 4.90 Å². The topological polar surface area (TPSA) is 24.5 Å². The molecule has 1 aromatic rings. The number of hydrogen-bond acceptors (Lipinski definition) is 3. The van der Waals surface area contributed by atoms with Gasteiger partial charge in [0.2, 0.25) is 0 Å². The second kappa shape index (κ2) is 5.08. The molecule has 0 aromatic heterocycles. The van der Waals surface area contributed by atoms with Gasteiger partial charge in [0.05, 0.1) is 13.2 Å². The molecule has 98 valence electrons. The van der Waals surface area contributed by atoms with Gasteiger partial charge in [-0.15, -0.1) is 0 Å². The van der Waals surface area contributed by atoms with Crippen LogP contribution in [0.3, 0.4) is 0 Å². The van der Waals surface area contributed by atoms with Crippen LogP contribution in [-0.2, 0) is 4.74 Å². The van der Waals surface area contributed by atoms with E-state index in [9.17, 15) is 0 Å². The molecule has 18 heavy (non-hydrogen) atoms. The molecule has 0 radical (unpaired) electrons. The Morgan fingerprint density at radius 2 is 2.11 bits per heavy atom. The van der Waals surface area contributed by atoms with Crippen molar-refractivity contribution in [3.05, 3.63) is 28.8 Å². The van der Waals surface area contributed by atoms with Gasteiger partial charge in [-0.1, -0.05) is 24.6 Å². The predicted molar refractivity (Wildman–Crippen MR) is 74.2 cm³/mol. The molecule has 2 aliphatic heterocycles. The Balaban J connectivity index is 1.93. The summed E-state index contributed by atoms with van der Waals surface area (Å²) in [6.07, 6.45) is 0. The van der Waals surface area contributed by atoms with Gasteiger partial charge in [-0.25, -0.2) is 0 Å². The van der Waals surface area contributed by atoms with E-state index in [1.807, 2.05) is 12.1 Å². The number of benzene rings is 1. The molecule has 0 amide bonds. The summed E-state index contributed by atoms with van der Waals surface area (Å²) in [5.41, 5.74) is 2.57. The van der Waals surface area contributed by atoms with Crippen molar-refractivity contribution in [1.82, 2.24) is 4.90 Å². The first-order chi connectivity index (χ1) is 8.75. The Labute approximate surface area is 113 Å². The maximum absolute atomic E-state index is 6.07. The van der Waals surface area contributed by atoms with Crippen molar-refractivity contribution in [3.63, 3.8) is 0 Å². The van der Waals surface area contributed by atoms with E-state index >= 15 is 0 Å². The van der Waals surface area contributed by atoms with E-state index in [1.165, 1.54) is 11.3 Å². The normalized spacial score (nSPS) is 28.6. The number of nitrogens with zero attached hydrogens (tertiary/aromatic N) is 1. The minimum Gasteiger partial charge on any atom is -0.384 e. The number of rotatable bonds is 1. The van der Waals surface area contributed by atoms with Gasteiger partial charge in [0.25, 0.3) is 0 Å². The van der Waals surface area contributed by atoms with Crippen LogP contribution < -0.4 is 5.32 Å². The van der Waals surface area contributed by atoms with Gasteiger partial charge in [-0.2, -0.15) is 0 Å². The number of anilines is 1. The number of halogens is 1. The lowest BCUT2D eigenvalue weighted by Crippen LogP contribution is -2.44. The van der Waals surface area contributed by atoms with Crippen molar-refractivity contribution in [1.29, 1.82) is 0 Å². The first-order valence-corrected chi connectivity index (χ1v) is 6.98. The van der Waals surface area contributed by atoms with Crippen LogP contribution >= 0.6 is 11.6 Å². The monoisotopic (exact) mass is 266 g/mol. The molecule has 4 heteroatoms. The van der Waals surface area contributed by atoms with Crippen LogP contribution in [-0.4, -0.2) is 37.7 Å². The quantitative estimate of drug-likeness (QED) is 0.846. The number of fused-ring (bicyclic) bond motifs is 1. The molecule has 2 unspecified atom stereocenters. The van der Waals surface area contributed by atoms with Crippen LogP contribution in [0.25, 0.3) is 0 Å². The molecule has 1 fully saturated rings. The Kier molecular flexibility index (Phi) is 3.46. The summed E-state index contributed by atoms with van der Waals surface area (Å²) in [7, 11) is 0. The zero-order valence-electron chi connectivity index (χ0n) is 10.7. The second-order valence-corrected chi connectivity index (χ2v) is 5.62. The van der Waals surface area contributed by atoms with E-state index in [0.29, 0.717) is 12.0 Å². The zero-order valence-corrected chi connectivity index (χ0v) is 11.4. The van der Waals surface area contributed by atoms with Gasteiger partial charge >= 0.3 is 0 Å². The summed E-state index contributed by atoms with van der Waals surface area (Å²) < 4.78 is 5.45. The summed E-state index contributed by atoms with van der Waals surface area (Å²) >= 11 is 6.07. The molecule has 1 saturated heterocycles. The SMILES string of the molecule is CC1CNc2cc(Cl)ccc2C1N1CCOCC1. The van der Waals surface area contributed by atoms with E-state index in [2.05, 4.69) is 23.2 Å². The second-order valence-electron chi connectivity index (χ2n) is 5.18. The predicted octanol–water partition coefficient (Wildman–Crippen LogP) is 2.77. The van der Waals surface area contributed by atoms with Crippen molar-refractivity contribution in [2.75, 3.05) is 38.2 Å². The van der Waals surface area contributed by atoms with Gasteiger partial charge in [-0.05, 0) is 23.6 Å². The standard InChI is InChI=1S/C14H19ClN2O/c1-10-9-16-13-8-11(15)2-3-12(13)14(10)17-4-6-18-7-5-17/h2-3,8,10,14,16H,4-7,9H2,1H3. The Morgan fingerprint density at radius 1 is 1.33 bits per heavy atom. The smallest absolute Gasteiger partial charge is 0.0594 e. The summed E-state index contributed by atoms with van der Waals surface area (Å²) in [6.45, 7) is 7.06. The molecule has 2 heterocycles. The van der Waals surface area contributed by atoms with Crippen molar-refractivity contribution < 1.29 is 4.74 Å². The van der Waals surface area contributed by atoms with E-state index in [4.69, 9.17) is 16.3 Å². The first kappa shape index (κ1) is 12.3. The Hall–Kier alpha value is -0.770. The summed E-state index contributed by atoms with van der Waals surface area (Å²) in [6, 6.07) is 6.69. The third-order valence-corrected chi connectivity index (χ3v) is 4.16. The number of morpholine rings is 1. The van der Waals surface area contributed by atoms with Crippen LogP contribution in [0.4, 0.5) is 5.69 Å². The lowest BCUT2D eigenvalue weighted by molar-refractivity contribution is 0.00420. The molecule has 2 atom stereocenters. The minimum atomic E-state index is 0.488. The average Bonchev–Trinajstić information content (AvgIpc) is 2.40. The molecule has 0 spiro atoms. The van der Waals surface area contributed by atoms with Crippen molar-refractivity contribution >= 4 is 17.3 Å². The fourth-order valence-electron chi connectivity index (χ4n) is 3.04. The summed E-state index contributed by atoms with van der Waals surface area (Å²) in [5.74, 6) is 0.608. The van der Waals surface area contributed by atoms with E-state index < -0.39 is 0 Å². The Morgan fingerprint density at radius 3 is 2.89 bits per heavy atom.